The normalized spacial score (nSPS) is 16.8. The van der Waals surface area contributed by atoms with Crippen LogP contribution in [0.3, 0.4) is 0 Å². The van der Waals surface area contributed by atoms with E-state index in [1.807, 2.05) is 35.2 Å². The molecular formula is C27H37N2O3+. The minimum atomic E-state index is -0.245. The maximum Gasteiger partial charge on any atom is 0.362 e. The third-order valence-electron chi connectivity index (χ3n) is 6.92. The molecule has 5 heteroatoms. The van der Waals surface area contributed by atoms with Crippen LogP contribution in [0.1, 0.15) is 48.9 Å². The lowest BCUT2D eigenvalue weighted by atomic mass is 9.96. The van der Waals surface area contributed by atoms with Crippen LogP contribution in [0.25, 0.3) is 0 Å². The van der Waals surface area contributed by atoms with E-state index in [0.29, 0.717) is 17.6 Å². The van der Waals surface area contributed by atoms with Gasteiger partial charge in [0.1, 0.15) is 6.61 Å². The Hall–Kier alpha value is -2.66. The van der Waals surface area contributed by atoms with Gasteiger partial charge in [0.05, 0.1) is 13.1 Å². The number of hydrogen-bond acceptors (Lipinski definition) is 3. The van der Waals surface area contributed by atoms with Crippen molar-refractivity contribution in [3.63, 3.8) is 0 Å². The average Bonchev–Trinajstić information content (AvgIpc) is 2.77. The summed E-state index contributed by atoms with van der Waals surface area (Å²) in [6, 6.07) is 13.8. The second-order valence-corrected chi connectivity index (χ2v) is 9.05. The van der Waals surface area contributed by atoms with E-state index in [0.717, 1.165) is 41.8 Å². The van der Waals surface area contributed by atoms with Crippen LogP contribution >= 0.6 is 0 Å². The number of nitrogens with zero attached hydrogens (tertiary/aromatic N) is 2. The van der Waals surface area contributed by atoms with E-state index < -0.39 is 0 Å². The van der Waals surface area contributed by atoms with E-state index in [4.69, 9.17) is 4.74 Å². The van der Waals surface area contributed by atoms with Crippen LogP contribution in [0.2, 0.25) is 0 Å². The van der Waals surface area contributed by atoms with Gasteiger partial charge in [0.2, 0.25) is 0 Å². The molecule has 3 rings (SSSR count). The Kier molecular flexibility index (Phi) is 7.73. The van der Waals surface area contributed by atoms with Gasteiger partial charge in [-0.1, -0.05) is 48.0 Å². The van der Waals surface area contributed by atoms with Crippen molar-refractivity contribution < 1.29 is 18.8 Å². The molecule has 5 nitrogen and oxygen atoms in total. The van der Waals surface area contributed by atoms with Crippen molar-refractivity contribution in [2.24, 2.45) is 0 Å². The molecule has 0 radical (unpaired) electrons. The molecule has 1 aliphatic heterocycles. The largest absolute Gasteiger partial charge is 0.457 e. The second kappa shape index (κ2) is 10.3. The molecule has 1 atom stereocenters. The summed E-state index contributed by atoms with van der Waals surface area (Å²) in [6.45, 7) is 13.0. The Morgan fingerprint density at radius 3 is 2.28 bits per heavy atom. The van der Waals surface area contributed by atoms with Crippen molar-refractivity contribution in [1.82, 2.24) is 0 Å². The maximum atomic E-state index is 13.8. The van der Waals surface area contributed by atoms with E-state index in [1.54, 1.807) is 0 Å². The lowest BCUT2D eigenvalue weighted by Gasteiger charge is -2.46. The second-order valence-electron chi connectivity index (χ2n) is 9.05. The van der Waals surface area contributed by atoms with Gasteiger partial charge in [-0.25, -0.2) is 4.79 Å². The fourth-order valence-corrected chi connectivity index (χ4v) is 5.22. The molecule has 172 valence electrons. The highest BCUT2D eigenvalue weighted by Crippen LogP contribution is 2.32. The lowest BCUT2D eigenvalue weighted by molar-refractivity contribution is -0.933. The molecule has 0 saturated carbocycles. The highest BCUT2D eigenvalue weighted by atomic mass is 16.5. The zero-order chi connectivity index (χ0) is 23.3. The summed E-state index contributed by atoms with van der Waals surface area (Å²) >= 11 is 0. The van der Waals surface area contributed by atoms with Gasteiger partial charge < -0.3 is 14.1 Å². The smallest absolute Gasteiger partial charge is 0.362 e. The Labute approximate surface area is 192 Å². The molecule has 0 N–H and O–H groups in total. The molecule has 1 amide bonds. The van der Waals surface area contributed by atoms with Crippen LogP contribution in [0.15, 0.2) is 42.5 Å². The minimum absolute atomic E-state index is 0.130. The van der Waals surface area contributed by atoms with Crippen LogP contribution < -0.4 is 4.90 Å². The SMILES string of the molecule is CC[N+](CC)(CC(=O)OCc1ccccc1)C1CCCN(c2c(C)cc(C)cc2C)C1=O. The molecule has 0 bridgehead atoms. The van der Waals surface area contributed by atoms with Gasteiger partial charge in [-0.3, -0.25) is 4.79 Å². The van der Waals surface area contributed by atoms with Gasteiger partial charge in [0.25, 0.3) is 5.91 Å². The van der Waals surface area contributed by atoms with Crippen LogP contribution in [0.4, 0.5) is 5.69 Å². The zero-order valence-corrected chi connectivity index (χ0v) is 20.2. The van der Waals surface area contributed by atoms with E-state index >= 15 is 0 Å². The third kappa shape index (κ3) is 5.04. The number of amides is 1. The molecule has 32 heavy (non-hydrogen) atoms. The van der Waals surface area contributed by atoms with Crippen molar-refractivity contribution in [3.8, 4) is 0 Å². The van der Waals surface area contributed by atoms with Gasteiger partial charge in [-0.05, 0) is 57.7 Å². The molecule has 1 heterocycles. The molecule has 1 saturated heterocycles. The number of ether oxygens (including phenoxy) is 1. The number of piperidine rings is 1. The first kappa shape index (κ1) is 24.0. The summed E-state index contributed by atoms with van der Waals surface area (Å²) in [4.78, 5) is 28.6. The summed E-state index contributed by atoms with van der Waals surface area (Å²) in [5.41, 5.74) is 5.47. The fourth-order valence-electron chi connectivity index (χ4n) is 5.22. The number of carbonyl (C=O) groups excluding carboxylic acids is 2. The van der Waals surface area contributed by atoms with Gasteiger partial charge in [0.15, 0.2) is 12.6 Å². The van der Waals surface area contributed by atoms with Gasteiger partial charge >= 0.3 is 5.97 Å². The molecular weight excluding hydrogens is 400 g/mol. The molecule has 1 unspecified atom stereocenters. The van der Waals surface area contributed by atoms with E-state index in [9.17, 15) is 9.59 Å². The van der Waals surface area contributed by atoms with Crippen molar-refractivity contribution >= 4 is 17.6 Å². The fraction of sp³-hybridized carbons (Fsp3) is 0.481. The first-order valence-electron chi connectivity index (χ1n) is 11.8. The Morgan fingerprint density at radius 2 is 1.69 bits per heavy atom. The molecule has 1 fully saturated rings. The van der Waals surface area contributed by atoms with Crippen molar-refractivity contribution in [1.29, 1.82) is 0 Å². The van der Waals surface area contributed by atoms with Crippen LogP contribution in [0, 0.1) is 20.8 Å². The van der Waals surface area contributed by atoms with Crippen molar-refractivity contribution in [2.45, 2.75) is 60.1 Å². The van der Waals surface area contributed by atoms with Crippen molar-refractivity contribution in [2.75, 3.05) is 31.1 Å². The standard InChI is InChI=1S/C27H37N2O3/c1-6-29(7-2,18-25(30)32-19-23-12-9-8-10-13-23)24-14-11-15-28(27(24)31)26-21(4)16-20(3)17-22(26)5/h8-10,12-13,16-17,24H,6-7,11,14-15,18-19H2,1-5H3/q+1. The molecule has 0 aromatic heterocycles. The predicted molar refractivity (Wildman–Crippen MR) is 128 cm³/mol. The minimum Gasteiger partial charge on any atom is -0.457 e. The monoisotopic (exact) mass is 437 g/mol. The maximum absolute atomic E-state index is 13.8. The number of esters is 1. The summed E-state index contributed by atoms with van der Waals surface area (Å²) < 4.78 is 6.03. The first-order valence-corrected chi connectivity index (χ1v) is 11.8. The summed E-state index contributed by atoms with van der Waals surface area (Å²) in [6.07, 6.45) is 1.73. The summed E-state index contributed by atoms with van der Waals surface area (Å²) in [7, 11) is 0. The van der Waals surface area contributed by atoms with Crippen molar-refractivity contribution in [3.05, 3.63) is 64.7 Å². The molecule has 2 aromatic rings. The first-order chi connectivity index (χ1) is 15.3. The summed E-state index contributed by atoms with van der Waals surface area (Å²) in [5.74, 6) is -0.115. The van der Waals surface area contributed by atoms with E-state index in [2.05, 4.69) is 46.8 Å². The predicted octanol–water partition coefficient (Wildman–Crippen LogP) is 4.71. The van der Waals surface area contributed by atoms with E-state index in [1.165, 1.54) is 5.56 Å². The molecule has 1 aliphatic rings. The van der Waals surface area contributed by atoms with E-state index in [-0.39, 0.29) is 31.1 Å². The lowest BCUT2D eigenvalue weighted by Crippen LogP contribution is -2.65. The number of aryl methyl sites for hydroxylation is 3. The van der Waals surface area contributed by atoms with Crippen LogP contribution in [-0.4, -0.2) is 48.6 Å². The Bertz CT molecular complexity index is 928. The molecule has 2 aromatic carbocycles. The topological polar surface area (TPSA) is 46.6 Å². The third-order valence-corrected chi connectivity index (χ3v) is 6.92. The zero-order valence-electron chi connectivity index (χ0n) is 20.2. The van der Waals surface area contributed by atoms with Gasteiger partial charge in [-0.15, -0.1) is 0 Å². The molecule has 0 spiro atoms. The number of carbonyl (C=O) groups is 2. The van der Waals surface area contributed by atoms with Gasteiger partial charge in [-0.2, -0.15) is 0 Å². The highest BCUT2D eigenvalue weighted by molar-refractivity contribution is 5.98. The Balaban J connectivity index is 1.80. The van der Waals surface area contributed by atoms with Crippen LogP contribution in [0.5, 0.6) is 0 Å². The number of quaternary nitrogens is 1. The van der Waals surface area contributed by atoms with Crippen LogP contribution in [-0.2, 0) is 20.9 Å². The number of likely N-dealkylation sites (N-methyl/N-ethyl adjacent to an activating group) is 1. The van der Waals surface area contributed by atoms with Gasteiger partial charge in [0, 0.05) is 18.7 Å². The number of benzene rings is 2. The number of rotatable bonds is 8. The Morgan fingerprint density at radius 1 is 1.06 bits per heavy atom. The highest BCUT2D eigenvalue weighted by Gasteiger charge is 2.45. The quantitative estimate of drug-likeness (QED) is 0.444. The average molecular weight is 438 g/mol. The molecule has 0 aliphatic carbocycles. The number of anilines is 1. The number of hydrogen-bond donors (Lipinski definition) is 0. The summed E-state index contributed by atoms with van der Waals surface area (Å²) in [5, 5.41) is 0.